The summed E-state index contributed by atoms with van der Waals surface area (Å²) in [4.78, 5) is 10.2. The molecule has 0 amide bonds. The van der Waals surface area contributed by atoms with E-state index >= 15 is 0 Å². The second-order valence-corrected chi connectivity index (χ2v) is 3.83. The van der Waals surface area contributed by atoms with Crippen LogP contribution in [0.3, 0.4) is 0 Å². The van der Waals surface area contributed by atoms with Crippen molar-refractivity contribution in [2.75, 3.05) is 14.2 Å². The topological polar surface area (TPSA) is 35.5 Å². The summed E-state index contributed by atoms with van der Waals surface area (Å²) >= 11 is 0. The molecule has 0 N–H and O–H groups in total. The van der Waals surface area contributed by atoms with Crippen molar-refractivity contribution in [1.82, 2.24) is 0 Å². The fourth-order valence-electron chi connectivity index (χ4n) is 1.47. The summed E-state index contributed by atoms with van der Waals surface area (Å²) < 4.78 is 9.86. The summed E-state index contributed by atoms with van der Waals surface area (Å²) in [7, 11) is 3.25. The molecular formula is C13H28O3. The van der Waals surface area contributed by atoms with Gasteiger partial charge in [-0.3, -0.25) is 0 Å². The molecule has 3 heteroatoms. The summed E-state index contributed by atoms with van der Waals surface area (Å²) in [6, 6.07) is 0. The molecule has 98 valence electrons. The number of methoxy groups -OCH3 is 1. The Morgan fingerprint density at radius 1 is 1.25 bits per heavy atom. The molecule has 0 aliphatic carbocycles. The highest BCUT2D eigenvalue weighted by Gasteiger charge is 2.24. The van der Waals surface area contributed by atoms with Gasteiger partial charge >= 0.3 is 0 Å². The van der Waals surface area contributed by atoms with E-state index in [0.717, 1.165) is 12.7 Å². The van der Waals surface area contributed by atoms with Crippen LogP contribution in [0.2, 0.25) is 0 Å². The first-order valence-corrected chi connectivity index (χ1v) is 6.14. The highest BCUT2D eigenvalue weighted by Crippen LogP contribution is 2.25. The number of hydrogen-bond donors (Lipinski definition) is 0. The third-order valence-electron chi connectivity index (χ3n) is 2.51. The van der Waals surface area contributed by atoms with Crippen LogP contribution in [-0.4, -0.2) is 32.7 Å². The number of carbonyl (C=O) groups is 1. The number of hydrogen-bond acceptors (Lipinski definition) is 3. The van der Waals surface area contributed by atoms with E-state index in [-0.39, 0.29) is 6.10 Å². The van der Waals surface area contributed by atoms with Crippen LogP contribution < -0.4 is 0 Å². The predicted molar refractivity (Wildman–Crippen MR) is 67.7 cm³/mol. The zero-order valence-electron chi connectivity index (χ0n) is 11.7. The van der Waals surface area contributed by atoms with Crippen molar-refractivity contribution < 1.29 is 14.3 Å². The van der Waals surface area contributed by atoms with Crippen molar-refractivity contribution in [2.24, 2.45) is 5.92 Å². The van der Waals surface area contributed by atoms with Crippen LogP contribution in [0.4, 0.5) is 0 Å². The van der Waals surface area contributed by atoms with Gasteiger partial charge in [0.1, 0.15) is 6.29 Å². The highest BCUT2D eigenvalue weighted by molar-refractivity contribution is 5.50. The van der Waals surface area contributed by atoms with Crippen molar-refractivity contribution in [3.8, 4) is 0 Å². The van der Waals surface area contributed by atoms with Gasteiger partial charge in [0, 0.05) is 20.6 Å². The Morgan fingerprint density at radius 2 is 1.75 bits per heavy atom. The van der Waals surface area contributed by atoms with E-state index in [4.69, 9.17) is 4.74 Å². The molecule has 1 fully saturated rings. The number of rotatable bonds is 2. The SMILES string of the molecule is CC.COC.C[C@@H]1CCC(CC=O)O[C@@H]1C. The first-order chi connectivity index (χ1) is 7.65. The molecule has 1 aliphatic rings. The maximum atomic E-state index is 10.2. The molecule has 0 spiro atoms. The molecule has 0 aromatic carbocycles. The van der Waals surface area contributed by atoms with Gasteiger partial charge in [-0.2, -0.15) is 0 Å². The van der Waals surface area contributed by atoms with Gasteiger partial charge in [0.25, 0.3) is 0 Å². The molecule has 1 heterocycles. The lowest BCUT2D eigenvalue weighted by molar-refractivity contribution is -0.115. The van der Waals surface area contributed by atoms with Gasteiger partial charge in [0.15, 0.2) is 0 Å². The van der Waals surface area contributed by atoms with Crippen molar-refractivity contribution in [1.29, 1.82) is 0 Å². The third kappa shape index (κ3) is 8.86. The molecule has 3 nitrogen and oxygen atoms in total. The maximum Gasteiger partial charge on any atom is 0.122 e. The average Bonchev–Trinajstić information content (AvgIpc) is 2.28. The summed E-state index contributed by atoms with van der Waals surface area (Å²) in [5.74, 6) is 0.651. The molecule has 1 rings (SSSR count). The van der Waals surface area contributed by atoms with Gasteiger partial charge < -0.3 is 14.3 Å². The molecule has 0 bridgehead atoms. The lowest BCUT2D eigenvalue weighted by atomic mass is 9.93. The lowest BCUT2D eigenvalue weighted by Gasteiger charge is -2.31. The molecule has 0 aromatic heterocycles. The largest absolute Gasteiger partial charge is 0.388 e. The summed E-state index contributed by atoms with van der Waals surface area (Å²) in [6.45, 7) is 8.28. The number of ether oxygens (including phenoxy) is 2. The Bertz CT molecular complexity index is 148. The minimum atomic E-state index is 0.193. The normalized spacial score (nSPS) is 28.0. The van der Waals surface area contributed by atoms with E-state index in [9.17, 15) is 4.79 Å². The van der Waals surface area contributed by atoms with E-state index < -0.39 is 0 Å². The van der Waals surface area contributed by atoms with Gasteiger partial charge in [0.05, 0.1) is 12.2 Å². The minimum Gasteiger partial charge on any atom is -0.388 e. The fourth-order valence-corrected chi connectivity index (χ4v) is 1.47. The van der Waals surface area contributed by atoms with Crippen molar-refractivity contribution in [2.45, 2.75) is 59.2 Å². The Hall–Kier alpha value is -0.410. The zero-order valence-corrected chi connectivity index (χ0v) is 11.7. The molecule has 0 saturated carbocycles. The van der Waals surface area contributed by atoms with Crippen LogP contribution in [0, 0.1) is 5.92 Å². The van der Waals surface area contributed by atoms with E-state index in [1.165, 1.54) is 6.42 Å². The molecule has 16 heavy (non-hydrogen) atoms. The van der Waals surface area contributed by atoms with Crippen LogP contribution >= 0.6 is 0 Å². The van der Waals surface area contributed by atoms with Crippen LogP contribution in [0.5, 0.6) is 0 Å². The van der Waals surface area contributed by atoms with Gasteiger partial charge in [-0.1, -0.05) is 20.8 Å². The van der Waals surface area contributed by atoms with Crippen molar-refractivity contribution in [3.05, 3.63) is 0 Å². The van der Waals surface area contributed by atoms with E-state index in [0.29, 0.717) is 18.4 Å². The monoisotopic (exact) mass is 232 g/mol. The van der Waals surface area contributed by atoms with Crippen LogP contribution in [0.25, 0.3) is 0 Å². The summed E-state index contributed by atoms with van der Waals surface area (Å²) in [5.41, 5.74) is 0. The maximum absolute atomic E-state index is 10.2. The first-order valence-electron chi connectivity index (χ1n) is 6.14. The molecule has 1 saturated heterocycles. The Kier molecular flexibility index (Phi) is 14.2. The summed E-state index contributed by atoms with van der Waals surface area (Å²) in [6.07, 6.45) is 4.28. The van der Waals surface area contributed by atoms with Crippen LogP contribution in [0.15, 0.2) is 0 Å². The number of carbonyl (C=O) groups excluding carboxylic acids is 1. The van der Waals surface area contributed by atoms with Gasteiger partial charge in [-0.05, 0) is 25.7 Å². The van der Waals surface area contributed by atoms with E-state index in [1.807, 2.05) is 13.8 Å². The van der Waals surface area contributed by atoms with Gasteiger partial charge in [-0.15, -0.1) is 0 Å². The lowest BCUT2D eigenvalue weighted by Crippen LogP contribution is -2.31. The standard InChI is InChI=1S/C9H16O2.C2H6O.C2H6/c1-7-3-4-9(5-6-10)11-8(7)2;1-3-2;1-2/h6-9H,3-5H2,1-2H3;1-2H3;1-2H3/t7-,8-,9?;;/m1../s1. The molecule has 3 atom stereocenters. The highest BCUT2D eigenvalue weighted by atomic mass is 16.5. The molecular weight excluding hydrogens is 204 g/mol. The second-order valence-electron chi connectivity index (χ2n) is 3.83. The van der Waals surface area contributed by atoms with Crippen molar-refractivity contribution >= 4 is 6.29 Å². The van der Waals surface area contributed by atoms with Gasteiger partial charge in [0.2, 0.25) is 0 Å². The first kappa shape index (κ1) is 18.0. The van der Waals surface area contributed by atoms with Crippen molar-refractivity contribution in [3.63, 3.8) is 0 Å². The van der Waals surface area contributed by atoms with Crippen LogP contribution in [-0.2, 0) is 14.3 Å². The molecule has 0 aromatic rings. The smallest absolute Gasteiger partial charge is 0.122 e. The third-order valence-corrected chi connectivity index (χ3v) is 2.51. The molecule has 1 unspecified atom stereocenters. The molecule has 1 aliphatic heterocycles. The zero-order chi connectivity index (χ0) is 13.0. The van der Waals surface area contributed by atoms with Crippen LogP contribution in [0.1, 0.15) is 47.0 Å². The Balaban J connectivity index is 0. The average molecular weight is 232 g/mol. The Morgan fingerprint density at radius 3 is 2.12 bits per heavy atom. The minimum absolute atomic E-state index is 0.193. The Labute approximate surface area is 101 Å². The number of aldehydes is 1. The quantitative estimate of drug-likeness (QED) is 0.686. The van der Waals surface area contributed by atoms with Gasteiger partial charge in [-0.25, -0.2) is 0 Å². The predicted octanol–water partition coefficient (Wildman–Crippen LogP) is 3.07. The second kappa shape index (κ2) is 12.7. The summed E-state index contributed by atoms with van der Waals surface area (Å²) in [5, 5.41) is 0. The van der Waals surface area contributed by atoms with E-state index in [1.54, 1.807) is 14.2 Å². The van der Waals surface area contributed by atoms with E-state index in [2.05, 4.69) is 18.6 Å². The fraction of sp³-hybridized carbons (Fsp3) is 0.923. The molecule has 0 radical (unpaired) electrons.